The third-order valence-electron chi connectivity index (χ3n) is 3.19. The Morgan fingerprint density at radius 2 is 1.48 bits per heavy atom. The molecule has 0 aliphatic rings. The Balaban J connectivity index is 2.53. The van der Waals surface area contributed by atoms with Crippen LogP contribution in [0.25, 0.3) is 0 Å². The predicted octanol–water partition coefficient (Wildman–Crippen LogP) is 4.25. The van der Waals surface area contributed by atoms with Crippen LogP contribution < -0.4 is 5.43 Å². The van der Waals surface area contributed by atoms with Gasteiger partial charge in [0.15, 0.2) is 0 Å². The highest BCUT2D eigenvalue weighted by molar-refractivity contribution is 5.82. The van der Waals surface area contributed by atoms with Crippen molar-refractivity contribution in [3.63, 3.8) is 0 Å². The van der Waals surface area contributed by atoms with Gasteiger partial charge in [0.1, 0.15) is 11.6 Å². The minimum Gasteiger partial charge on any atom is -0.266 e. The van der Waals surface area contributed by atoms with Crippen molar-refractivity contribution in [2.45, 2.75) is 6.18 Å². The molecule has 142 valence electrons. The summed E-state index contributed by atoms with van der Waals surface area (Å²) in [7, 11) is 0. The van der Waals surface area contributed by atoms with Gasteiger partial charge in [0.25, 0.3) is 0 Å². The van der Waals surface area contributed by atoms with Crippen molar-refractivity contribution in [1.29, 1.82) is 0 Å². The summed E-state index contributed by atoms with van der Waals surface area (Å²) < 4.78 is 65.3. The first-order chi connectivity index (χ1) is 12.5. The van der Waals surface area contributed by atoms with E-state index >= 15 is 0 Å². The second kappa shape index (κ2) is 7.31. The van der Waals surface area contributed by atoms with Gasteiger partial charge in [-0.25, -0.2) is 8.78 Å². The number of nitrogens with one attached hydrogen (secondary N) is 1. The maximum absolute atomic E-state index is 13.5. The molecule has 0 saturated heterocycles. The number of hydrogen-bond donors (Lipinski definition) is 1. The number of hydrogen-bond acceptors (Lipinski definition) is 6. The number of nitrogens with zero attached hydrogens (tertiary/aromatic N) is 3. The number of nitro benzene ring substituents is 2. The number of halogens is 5. The fourth-order valence-electron chi connectivity index (χ4n) is 1.97. The molecule has 8 nitrogen and oxygen atoms in total. The minimum absolute atomic E-state index is 0.0779. The average molecular weight is 390 g/mol. The van der Waals surface area contributed by atoms with E-state index in [9.17, 15) is 42.2 Å². The molecule has 0 heterocycles. The summed E-state index contributed by atoms with van der Waals surface area (Å²) in [5.41, 5.74) is -4.03. The molecule has 1 N–H and O–H groups in total. The largest absolute Gasteiger partial charge is 0.416 e. The van der Waals surface area contributed by atoms with Crippen LogP contribution in [0.15, 0.2) is 35.4 Å². The van der Waals surface area contributed by atoms with Crippen molar-refractivity contribution < 1.29 is 31.8 Å². The number of nitro groups is 2. The zero-order chi connectivity index (χ0) is 20.4. The van der Waals surface area contributed by atoms with Gasteiger partial charge in [-0.3, -0.25) is 25.7 Å². The van der Waals surface area contributed by atoms with Crippen LogP contribution in [0.5, 0.6) is 0 Å². The number of benzene rings is 2. The SMILES string of the molecule is O=[N+]([O-])c1cc(C(F)(F)F)cc([N+](=O)[O-])c1N/N=C\c1c(F)cccc1F. The van der Waals surface area contributed by atoms with Gasteiger partial charge in [-0.15, -0.1) is 0 Å². The number of rotatable bonds is 5. The summed E-state index contributed by atoms with van der Waals surface area (Å²) in [6.45, 7) is 0. The van der Waals surface area contributed by atoms with Gasteiger partial charge in [0.2, 0.25) is 5.69 Å². The third kappa shape index (κ3) is 4.31. The summed E-state index contributed by atoms with van der Waals surface area (Å²) in [6.07, 6.45) is -4.54. The van der Waals surface area contributed by atoms with E-state index in [0.29, 0.717) is 6.21 Å². The zero-order valence-electron chi connectivity index (χ0n) is 12.8. The molecular weight excluding hydrogens is 383 g/mol. The van der Waals surface area contributed by atoms with E-state index in [1.54, 1.807) is 0 Å². The molecule has 13 heteroatoms. The topological polar surface area (TPSA) is 111 Å². The van der Waals surface area contributed by atoms with Crippen molar-refractivity contribution >= 4 is 23.3 Å². The fraction of sp³-hybridized carbons (Fsp3) is 0.0714. The molecule has 0 aliphatic heterocycles. The third-order valence-corrected chi connectivity index (χ3v) is 3.19. The van der Waals surface area contributed by atoms with Crippen LogP contribution >= 0.6 is 0 Å². The van der Waals surface area contributed by atoms with Crippen LogP contribution in [0, 0.1) is 31.9 Å². The molecule has 2 aromatic rings. The van der Waals surface area contributed by atoms with Crippen molar-refractivity contribution in [2.75, 3.05) is 5.43 Å². The first-order valence-electron chi connectivity index (χ1n) is 6.79. The van der Waals surface area contributed by atoms with Gasteiger partial charge >= 0.3 is 17.6 Å². The van der Waals surface area contributed by atoms with E-state index in [-0.39, 0.29) is 12.1 Å². The lowest BCUT2D eigenvalue weighted by molar-refractivity contribution is -0.392. The Kier molecular flexibility index (Phi) is 5.33. The lowest BCUT2D eigenvalue weighted by Crippen LogP contribution is -2.09. The summed E-state index contributed by atoms with van der Waals surface area (Å²) in [5.74, 6) is -2.09. The Bertz CT molecular complexity index is 890. The standard InChI is InChI=1S/C14H7F5N4O4/c15-9-2-1-3-10(16)8(9)6-20-21-13-11(22(24)25)4-7(14(17,18)19)5-12(13)23(26)27/h1-6,21H/b20-6-. The van der Waals surface area contributed by atoms with Crippen molar-refractivity contribution in [3.05, 3.63) is 73.3 Å². The van der Waals surface area contributed by atoms with E-state index in [2.05, 4.69) is 5.10 Å². The molecule has 0 bridgehead atoms. The molecule has 27 heavy (non-hydrogen) atoms. The van der Waals surface area contributed by atoms with Crippen LogP contribution in [-0.4, -0.2) is 16.1 Å². The Hall–Kier alpha value is -3.64. The van der Waals surface area contributed by atoms with Crippen LogP contribution in [-0.2, 0) is 6.18 Å². The van der Waals surface area contributed by atoms with E-state index in [0.717, 1.165) is 18.2 Å². The maximum Gasteiger partial charge on any atom is 0.416 e. The summed E-state index contributed by atoms with van der Waals surface area (Å²) >= 11 is 0. The van der Waals surface area contributed by atoms with Crippen molar-refractivity contribution in [3.8, 4) is 0 Å². The van der Waals surface area contributed by atoms with Crippen molar-refractivity contribution in [1.82, 2.24) is 0 Å². The summed E-state index contributed by atoms with van der Waals surface area (Å²) in [4.78, 5) is 19.5. The van der Waals surface area contributed by atoms with E-state index in [1.807, 2.05) is 5.43 Å². The number of alkyl halides is 3. The number of anilines is 1. The highest BCUT2D eigenvalue weighted by Gasteiger charge is 2.37. The van der Waals surface area contributed by atoms with Crippen LogP contribution in [0.3, 0.4) is 0 Å². The Labute approximate surface area is 146 Å². The molecule has 0 aliphatic carbocycles. The second-order valence-corrected chi connectivity index (χ2v) is 4.91. The first kappa shape index (κ1) is 19.7. The summed E-state index contributed by atoms with van der Waals surface area (Å²) in [5, 5.41) is 25.3. The lowest BCUT2D eigenvalue weighted by atomic mass is 10.1. The molecule has 0 fully saturated rings. The first-order valence-corrected chi connectivity index (χ1v) is 6.79. The quantitative estimate of drug-likeness (QED) is 0.355. The average Bonchev–Trinajstić information content (AvgIpc) is 2.55. The van der Waals surface area contributed by atoms with Crippen LogP contribution in [0.2, 0.25) is 0 Å². The molecular formula is C14H7F5N4O4. The molecule has 2 aromatic carbocycles. The second-order valence-electron chi connectivity index (χ2n) is 4.91. The highest BCUT2D eigenvalue weighted by atomic mass is 19.4. The fourth-order valence-corrected chi connectivity index (χ4v) is 1.97. The Morgan fingerprint density at radius 3 is 1.89 bits per heavy atom. The molecule has 0 atom stereocenters. The van der Waals surface area contributed by atoms with Crippen LogP contribution in [0.1, 0.15) is 11.1 Å². The maximum atomic E-state index is 13.5. The monoisotopic (exact) mass is 390 g/mol. The van der Waals surface area contributed by atoms with Gasteiger partial charge in [-0.2, -0.15) is 18.3 Å². The van der Waals surface area contributed by atoms with Crippen LogP contribution in [0.4, 0.5) is 39.0 Å². The van der Waals surface area contributed by atoms with E-state index in [4.69, 9.17) is 0 Å². The molecule has 0 amide bonds. The molecule has 0 radical (unpaired) electrons. The minimum atomic E-state index is -5.08. The smallest absolute Gasteiger partial charge is 0.266 e. The van der Waals surface area contributed by atoms with E-state index in [1.165, 1.54) is 0 Å². The van der Waals surface area contributed by atoms with E-state index < -0.39 is 55.8 Å². The molecule has 0 unspecified atom stereocenters. The molecule has 0 aromatic heterocycles. The van der Waals surface area contributed by atoms with Gasteiger partial charge in [-0.05, 0) is 12.1 Å². The zero-order valence-corrected chi connectivity index (χ0v) is 12.8. The Morgan fingerprint density at radius 1 is 1.00 bits per heavy atom. The van der Waals surface area contributed by atoms with Crippen molar-refractivity contribution in [2.24, 2.45) is 5.10 Å². The molecule has 0 saturated carbocycles. The van der Waals surface area contributed by atoms with Gasteiger partial charge < -0.3 is 0 Å². The highest BCUT2D eigenvalue weighted by Crippen LogP contribution is 2.41. The molecule has 0 spiro atoms. The van der Waals surface area contributed by atoms with Gasteiger partial charge in [-0.1, -0.05) is 6.07 Å². The molecule has 2 rings (SSSR count). The normalized spacial score (nSPS) is 11.6. The van der Waals surface area contributed by atoms with Gasteiger partial charge in [0, 0.05) is 12.1 Å². The lowest BCUT2D eigenvalue weighted by Gasteiger charge is -2.09. The summed E-state index contributed by atoms with van der Waals surface area (Å²) in [6, 6.07) is 2.98. The predicted molar refractivity (Wildman–Crippen MR) is 82.3 cm³/mol. The van der Waals surface area contributed by atoms with Gasteiger partial charge in [0.05, 0.1) is 27.2 Å². The number of hydrazone groups is 1.